The quantitative estimate of drug-likeness (QED) is 0.679. The molecular formula is C15H16N4O3. The minimum Gasteiger partial charge on any atom is -0.307 e. The Labute approximate surface area is 127 Å². The molecule has 22 heavy (non-hydrogen) atoms. The molecule has 1 aromatic heterocycles. The Morgan fingerprint density at radius 3 is 2.64 bits per heavy atom. The van der Waals surface area contributed by atoms with Crippen LogP contribution in [0, 0.1) is 16.0 Å². The monoisotopic (exact) mass is 300 g/mol. The van der Waals surface area contributed by atoms with Crippen LogP contribution in [0.3, 0.4) is 0 Å². The summed E-state index contributed by atoms with van der Waals surface area (Å²) in [5.41, 5.74) is 0.335. The van der Waals surface area contributed by atoms with E-state index in [0.717, 1.165) is 0 Å². The molecule has 0 saturated heterocycles. The molecule has 0 aliphatic heterocycles. The third-order valence-corrected chi connectivity index (χ3v) is 3.94. The van der Waals surface area contributed by atoms with Crippen molar-refractivity contribution in [1.82, 2.24) is 9.78 Å². The molecule has 0 spiro atoms. The Morgan fingerprint density at radius 2 is 2.05 bits per heavy atom. The number of nitrogens with one attached hydrogen (secondary N) is 1. The van der Waals surface area contributed by atoms with E-state index in [2.05, 4.69) is 17.3 Å². The second kappa shape index (κ2) is 5.59. The van der Waals surface area contributed by atoms with Crippen LogP contribution < -0.4 is 5.32 Å². The number of nitrogens with zero attached hydrogens (tertiary/aromatic N) is 3. The van der Waals surface area contributed by atoms with Crippen molar-refractivity contribution < 1.29 is 9.72 Å². The molecule has 1 amide bonds. The van der Waals surface area contributed by atoms with Gasteiger partial charge in [0, 0.05) is 23.8 Å². The second-order valence-corrected chi connectivity index (χ2v) is 5.50. The van der Waals surface area contributed by atoms with E-state index in [1.807, 2.05) is 4.68 Å². The van der Waals surface area contributed by atoms with Gasteiger partial charge in [-0.15, -0.1) is 0 Å². The normalized spacial score (nSPS) is 15.3. The Hall–Kier alpha value is -2.70. The van der Waals surface area contributed by atoms with Crippen molar-refractivity contribution in [1.29, 1.82) is 0 Å². The van der Waals surface area contributed by atoms with E-state index in [-0.39, 0.29) is 17.6 Å². The van der Waals surface area contributed by atoms with Crippen LogP contribution in [-0.2, 0) is 0 Å². The van der Waals surface area contributed by atoms with Gasteiger partial charge in [0.2, 0.25) is 0 Å². The number of aromatic nitrogens is 2. The molecule has 1 N–H and O–H groups in total. The number of non-ortho nitro benzene ring substituents is 1. The lowest BCUT2D eigenvalue weighted by molar-refractivity contribution is -0.384. The number of rotatable bonds is 5. The number of hydrogen-bond acceptors (Lipinski definition) is 4. The molecule has 1 aliphatic carbocycles. The lowest BCUT2D eigenvalue weighted by Crippen LogP contribution is -2.18. The van der Waals surface area contributed by atoms with Gasteiger partial charge >= 0.3 is 0 Å². The SMILES string of the molecule is C[C@@H](C1CC1)n1nccc1NC(=O)c1ccc([N+](=O)[O-])cc1. The minimum atomic E-state index is -0.492. The Bertz CT molecular complexity index is 704. The van der Waals surface area contributed by atoms with Crippen molar-refractivity contribution in [3.8, 4) is 0 Å². The van der Waals surface area contributed by atoms with E-state index in [1.54, 1.807) is 12.3 Å². The van der Waals surface area contributed by atoms with Gasteiger partial charge in [-0.1, -0.05) is 0 Å². The first-order chi connectivity index (χ1) is 10.6. The van der Waals surface area contributed by atoms with Crippen LogP contribution in [0.1, 0.15) is 36.2 Å². The molecule has 1 aromatic carbocycles. The van der Waals surface area contributed by atoms with Crippen LogP contribution >= 0.6 is 0 Å². The number of nitro benzene ring substituents is 1. The van der Waals surface area contributed by atoms with Crippen LogP contribution in [0.25, 0.3) is 0 Å². The van der Waals surface area contributed by atoms with Gasteiger partial charge in [-0.25, -0.2) is 4.68 Å². The summed E-state index contributed by atoms with van der Waals surface area (Å²) in [5.74, 6) is 0.956. The molecule has 1 atom stereocenters. The van der Waals surface area contributed by atoms with Crippen molar-refractivity contribution in [3.05, 3.63) is 52.2 Å². The second-order valence-electron chi connectivity index (χ2n) is 5.50. The fraction of sp³-hybridized carbons (Fsp3) is 0.333. The van der Waals surface area contributed by atoms with Gasteiger partial charge in [0.15, 0.2) is 0 Å². The van der Waals surface area contributed by atoms with Gasteiger partial charge in [0.1, 0.15) is 5.82 Å². The number of anilines is 1. The summed E-state index contributed by atoms with van der Waals surface area (Å²) < 4.78 is 1.82. The molecule has 7 nitrogen and oxygen atoms in total. The maximum atomic E-state index is 12.2. The fourth-order valence-corrected chi connectivity index (χ4v) is 2.44. The largest absolute Gasteiger partial charge is 0.307 e. The smallest absolute Gasteiger partial charge is 0.269 e. The topological polar surface area (TPSA) is 90.1 Å². The molecule has 7 heteroatoms. The highest BCUT2D eigenvalue weighted by Crippen LogP contribution is 2.40. The first-order valence-electron chi connectivity index (χ1n) is 7.15. The Balaban J connectivity index is 1.74. The number of nitro groups is 1. The number of amides is 1. The standard InChI is InChI=1S/C15H16N4O3/c1-10(11-2-3-11)18-14(8-9-16-18)17-15(20)12-4-6-13(7-5-12)19(21)22/h4-11H,2-3H2,1H3,(H,17,20)/t10-/m0/s1. The number of benzene rings is 1. The van der Waals surface area contributed by atoms with Gasteiger partial charge in [0.05, 0.1) is 17.2 Å². The van der Waals surface area contributed by atoms with Crippen LogP contribution in [0.2, 0.25) is 0 Å². The zero-order valence-corrected chi connectivity index (χ0v) is 12.1. The highest BCUT2D eigenvalue weighted by molar-refractivity contribution is 6.03. The van der Waals surface area contributed by atoms with E-state index in [4.69, 9.17) is 0 Å². The third kappa shape index (κ3) is 2.83. The van der Waals surface area contributed by atoms with Gasteiger partial charge < -0.3 is 5.32 Å². The average molecular weight is 300 g/mol. The Morgan fingerprint density at radius 1 is 1.36 bits per heavy atom. The summed E-state index contributed by atoms with van der Waals surface area (Å²) >= 11 is 0. The zero-order chi connectivity index (χ0) is 15.7. The summed E-state index contributed by atoms with van der Waals surface area (Å²) in [6, 6.07) is 7.53. The van der Waals surface area contributed by atoms with E-state index in [9.17, 15) is 14.9 Å². The summed E-state index contributed by atoms with van der Waals surface area (Å²) in [6.07, 6.45) is 4.04. The highest BCUT2D eigenvalue weighted by atomic mass is 16.6. The first-order valence-corrected chi connectivity index (χ1v) is 7.15. The fourth-order valence-electron chi connectivity index (χ4n) is 2.44. The maximum absolute atomic E-state index is 12.2. The van der Waals surface area contributed by atoms with Crippen molar-refractivity contribution in [2.24, 2.45) is 5.92 Å². The maximum Gasteiger partial charge on any atom is 0.269 e. The zero-order valence-electron chi connectivity index (χ0n) is 12.1. The predicted octanol–water partition coefficient (Wildman–Crippen LogP) is 3.01. The van der Waals surface area contributed by atoms with Gasteiger partial charge in [-0.2, -0.15) is 5.10 Å². The van der Waals surface area contributed by atoms with Crippen molar-refractivity contribution in [2.75, 3.05) is 5.32 Å². The Kier molecular flexibility index (Phi) is 3.62. The predicted molar refractivity (Wildman–Crippen MR) is 80.7 cm³/mol. The molecule has 1 fully saturated rings. The number of hydrogen-bond donors (Lipinski definition) is 1. The third-order valence-electron chi connectivity index (χ3n) is 3.94. The number of carbonyl (C=O) groups is 1. The van der Waals surface area contributed by atoms with E-state index < -0.39 is 4.92 Å². The molecule has 114 valence electrons. The lowest BCUT2D eigenvalue weighted by atomic mass is 10.2. The summed E-state index contributed by atoms with van der Waals surface area (Å²) in [7, 11) is 0. The van der Waals surface area contributed by atoms with Gasteiger partial charge in [0.25, 0.3) is 11.6 Å². The lowest BCUT2D eigenvalue weighted by Gasteiger charge is -2.15. The molecule has 1 heterocycles. The minimum absolute atomic E-state index is 0.0380. The number of carbonyl (C=O) groups excluding carboxylic acids is 1. The van der Waals surface area contributed by atoms with Crippen LogP contribution in [0.4, 0.5) is 11.5 Å². The molecular weight excluding hydrogens is 284 g/mol. The van der Waals surface area contributed by atoms with Gasteiger partial charge in [-0.3, -0.25) is 14.9 Å². The molecule has 1 saturated carbocycles. The van der Waals surface area contributed by atoms with Crippen LogP contribution in [0.15, 0.2) is 36.5 Å². The molecule has 1 aliphatic rings. The van der Waals surface area contributed by atoms with E-state index >= 15 is 0 Å². The summed E-state index contributed by atoms with van der Waals surface area (Å²) in [4.78, 5) is 22.4. The summed E-state index contributed by atoms with van der Waals surface area (Å²) in [6.45, 7) is 2.09. The first kappa shape index (κ1) is 14.2. The molecule has 2 aromatic rings. The molecule has 0 unspecified atom stereocenters. The van der Waals surface area contributed by atoms with Crippen molar-refractivity contribution in [3.63, 3.8) is 0 Å². The van der Waals surface area contributed by atoms with E-state index in [1.165, 1.54) is 37.1 Å². The van der Waals surface area contributed by atoms with Crippen LogP contribution in [-0.4, -0.2) is 20.6 Å². The molecule has 0 bridgehead atoms. The molecule has 0 radical (unpaired) electrons. The average Bonchev–Trinajstić information content (AvgIpc) is 3.27. The van der Waals surface area contributed by atoms with E-state index in [0.29, 0.717) is 17.3 Å². The van der Waals surface area contributed by atoms with Crippen molar-refractivity contribution in [2.45, 2.75) is 25.8 Å². The van der Waals surface area contributed by atoms with Gasteiger partial charge in [-0.05, 0) is 37.8 Å². The van der Waals surface area contributed by atoms with Crippen LogP contribution in [0.5, 0.6) is 0 Å². The van der Waals surface area contributed by atoms with Crippen molar-refractivity contribution >= 4 is 17.4 Å². The highest BCUT2D eigenvalue weighted by Gasteiger charge is 2.30. The molecule has 3 rings (SSSR count). The summed E-state index contributed by atoms with van der Waals surface area (Å²) in [5, 5.41) is 17.7.